The van der Waals surface area contributed by atoms with Crippen LogP contribution in [-0.2, 0) is 14.3 Å². The van der Waals surface area contributed by atoms with Crippen molar-refractivity contribution < 1.29 is 24.5 Å². The van der Waals surface area contributed by atoms with Crippen molar-refractivity contribution in [2.24, 2.45) is 0 Å². The Morgan fingerprint density at radius 1 is 0.370 bits per heavy atom. The molecule has 0 spiro atoms. The van der Waals surface area contributed by atoms with E-state index in [1.165, 1.54) is 308 Å². The number of ether oxygens (including phenoxy) is 1. The highest BCUT2D eigenvalue weighted by atomic mass is 16.5. The molecule has 0 fully saturated rings. The summed E-state index contributed by atoms with van der Waals surface area (Å²) in [6.07, 6.45) is 76.9. The molecule has 0 aliphatic rings. The SMILES string of the molecule is CCCCCCCCCCCCCCCCCCCCCCCCC/C=C/C(O)C(CO)NC(=O)CCCCCCCCCCCCCCCCCCOC(=O)CCCCCCCCCCCCCCCCC. The van der Waals surface area contributed by atoms with E-state index < -0.39 is 12.1 Å². The van der Waals surface area contributed by atoms with E-state index in [-0.39, 0.29) is 18.5 Å². The van der Waals surface area contributed by atoms with Gasteiger partial charge in [-0.1, -0.05) is 347 Å². The lowest BCUT2D eigenvalue weighted by atomic mass is 10.0. The van der Waals surface area contributed by atoms with Crippen LogP contribution in [0.25, 0.3) is 0 Å². The average molecular weight is 1030 g/mol. The summed E-state index contributed by atoms with van der Waals surface area (Å²) in [7, 11) is 0. The molecule has 73 heavy (non-hydrogen) atoms. The molecule has 0 radical (unpaired) electrons. The first-order chi connectivity index (χ1) is 36.0. The van der Waals surface area contributed by atoms with Gasteiger partial charge in [0.15, 0.2) is 0 Å². The lowest BCUT2D eigenvalue weighted by Crippen LogP contribution is -2.45. The molecule has 3 N–H and O–H groups in total. The van der Waals surface area contributed by atoms with E-state index in [4.69, 9.17) is 4.74 Å². The Hall–Kier alpha value is -1.40. The van der Waals surface area contributed by atoms with Crippen LogP contribution in [0.3, 0.4) is 0 Å². The summed E-state index contributed by atoms with van der Waals surface area (Å²) in [4.78, 5) is 24.6. The fraction of sp³-hybridized carbons (Fsp3) is 0.940. The van der Waals surface area contributed by atoms with Crippen molar-refractivity contribution in [3.8, 4) is 0 Å². The first kappa shape index (κ1) is 71.6. The van der Waals surface area contributed by atoms with Gasteiger partial charge in [0, 0.05) is 12.8 Å². The maximum Gasteiger partial charge on any atom is 0.305 e. The molecule has 0 aromatic carbocycles. The molecule has 0 rings (SSSR count). The molecule has 0 saturated carbocycles. The second kappa shape index (κ2) is 63.1. The fourth-order valence-corrected chi connectivity index (χ4v) is 10.7. The summed E-state index contributed by atoms with van der Waals surface area (Å²) in [6.45, 7) is 4.93. The number of unbranched alkanes of at least 4 members (excludes halogenated alkanes) is 52. The molecule has 0 aliphatic heterocycles. The Labute approximate surface area is 457 Å². The molecule has 0 aromatic heterocycles. The summed E-state index contributed by atoms with van der Waals surface area (Å²) < 4.78 is 5.49. The van der Waals surface area contributed by atoms with Crippen LogP contribution in [-0.4, -0.2) is 47.4 Å². The summed E-state index contributed by atoms with van der Waals surface area (Å²) >= 11 is 0. The van der Waals surface area contributed by atoms with Crippen molar-refractivity contribution in [3.05, 3.63) is 12.2 Å². The standard InChI is InChI=1S/C67H131NO5/c1-3-5-7-9-11-13-15-17-19-20-21-22-23-24-25-26-27-28-32-35-39-43-47-51-55-59-65(70)64(63-69)68-66(71)60-56-52-48-44-40-36-33-29-30-34-38-42-46-50-54-58-62-73-67(72)61-57-53-49-45-41-37-31-18-16-14-12-10-8-6-4-2/h55,59,64-65,69-70H,3-54,56-58,60-63H2,1-2H3,(H,68,71)/b59-55+. The molecule has 6 nitrogen and oxygen atoms in total. The number of aliphatic hydroxyl groups excluding tert-OH is 2. The summed E-state index contributed by atoms with van der Waals surface area (Å²) in [5.41, 5.74) is 0. The summed E-state index contributed by atoms with van der Waals surface area (Å²) in [5.74, 6) is -0.0634. The van der Waals surface area contributed by atoms with E-state index in [9.17, 15) is 19.8 Å². The Balaban J connectivity index is 3.43. The van der Waals surface area contributed by atoms with Crippen LogP contribution in [0.1, 0.15) is 380 Å². The van der Waals surface area contributed by atoms with Gasteiger partial charge in [-0.2, -0.15) is 0 Å². The van der Waals surface area contributed by atoms with E-state index in [1.54, 1.807) is 6.08 Å². The zero-order valence-corrected chi connectivity index (χ0v) is 49.6. The summed E-state index contributed by atoms with van der Waals surface area (Å²) in [6, 6.07) is -0.634. The highest BCUT2D eigenvalue weighted by Crippen LogP contribution is 2.19. The van der Waals surface area contributed by atoms with Crippen LogP contribution in [0.2, 0.25) is 0 Å². The second-order valence-electron chi connectivity index (χ2n) is 23.2. The molecule has 6 heteroatoms. The minimum absolute atomic E-state index is 0.00636. The molecule has 0 heterocycles. The molecule has 434 valence electrons. The van der Waals surface area contributed by atoms with E-state index >= 15 is 0 Å². The van der Waals surface area contributed by atoms with Gasteiger partial charge in [-0.3, -0.25) is 9.59 Å². The number of nitrogens with one attached hydrogen (secondary N) is 1. The number of esters is 1. The zero-order valence-electron chi connectivity index (χ0n) is 49.6. The Morgan fingerprint density at radius 2 is 0.630 bits per heavy atom. The third-order valence-electron chi connectivity index (χ3n) is 15.8. The number of aliphatic hydroxyl groups is 2. The molecule has 0 aliphatic carbocycles. The van der Waals surface area contributed by atoms with Crippen molar-refractivity contribution in [1.82, 2.24) is 5.32 Å². The highest BCUT2D eigenvalue weighted by Gasteiger charge is 2.18. The van der Waals surface area contributed by atoms with Gasteiger partial charge in [-0.05, 0) is 32.1 Å². The first-order valence-corrected chi connectivity index (χ1v) is 33.5. The van der Waals surface area contributed by atoms with Crippen LogP contribution in [0, 0.1) is 0 Å². The molecular weight excluding hydrogens is 899 g/mol. The molecule has 2 unspecified atom stereocenters. The number of carbonyl (C=O) groups is 2. The van der Waals surface area contributed by atoms with Gasteiger partial charge in [0.1, 0.15) is 0 Å². The van der Waals surface area contributed by atoms with Gasteiger partial charge < -0.3 is 20.3 Å². The van der Waals surface area contributed by atoms with Crippen LogP contribution in [0.5, 0.6) is 0 Å². The number of allylic oxidation sites excluding steroid dienone is 1. The van der Waals surface area contributed by atoms with Gasteiger partial charge in [0.05, 0.1) is 25.4 Å². The van der Waals surface area contributed by atoms with Crippen LogP contribution in [0.15, 0.2) is 12.2 Å². The van der Waals surface area contributed by atoms with Crippen molar-refractivity contribution in [1.29, 1.82) is 0 Å². The zero-order chi connectivity index (χ0) is 52.9. The van der Waals surface area contributed by atoms with Gasteiger partial charge in [0.2, 0.25) is 5.91 Å². The van der Waals surface area contributed by atoms with E-state index in [0.717, 1.165) is 44.9 Å². The maximum absolute atomic E-state index is 12.5. The van der Waals surface area contributed by atoms with Crippen molar-refractivity contribution in [2.45, 2.75) is 392 Å². The monoisotopic (exact) mass is 1030 g/mol. The minimum Gasteiger partial charge on any atom is -0.466 e. The normalized spacial score (nSPS) is 12.5. The van der Waals surface area contributed by atoms with Gasteiger partial charge in [-0.25, -0.2) is 0 Å². The van der Waals surface area contributed by atoms with E-state index in [0.29, 0.717) is 19.4 Å². The van der Waals surface area contributed by atoms with E-state index in [1.807, 2.05) is 6.08 Å². The van der Waals surface area contributed by atoms with Crippen molar-refractivity contribution >= 4 is 11.9 Å². The molecule has 2 atom stereocenters. The predicted octanol–water partition coefficient (Wildman–Crippen LogP) is 21.2. The maximum atomic E-state index is 12.5. The van der Waals surface area contributed by atoms with Crippen LogP contribution < -0.4 is 5.32 Å². The average Bonchev–Trinajstić information content (AvgIpc) is 3.39. The fourth-order valence-electron chi connectivity index (χ4n) is 10.7. The Kier molecular flexibility index (Phi) is 61.9. The molecule has 0 aromatic rings. The third-order valence-corrected chi connectivity index (χ3v) is 15.8. The Bertz CT molecular complexity index is 1100. The number of rotatable bonds is 63. The number of carbonyl (C=O) groups excluding carboxylic acids is 2. The molecular formula is C67H131NO5. The molecule has 0 saturated heterocycles. The minimum atomic E-state index is -0.850. The largest absolute Gasteiger partial charge is 0.466 e. The molecule has 1 amide bonds. The van der Waals surface area contributed by atoms with Gasteiger partial charge in [-0.15, -0.1) is 0 Å². The van der Waals surface area contributed by atoms with Crippen LogP contribution >= 0.6 is 0 Å². The number of hydrogen-bond donors (Lipinski definition) is 3. The quantitative estimate of drug-likeness (QED) is 0.0320. The van der Waals surface area contributed by atoms with Gasteiger partial charge >= 0.3 is 5.97 Å². The lowest BCUT2D eigenvalue weighted by molar-refractivity contribution is -0.143. The topological polar surface area (TPSA) is 95.9 Å². The summed E-state index contributed by atoms with van der Waals surface area (Å²) in [5, 5.41) is 23.3. The van der Waals surface area contributed by atoms with Crippen LogP contribution in [0.4, 0.5) is 0 Å². The molecule has 0 bridgehead atoms. The van der Waals surface area contributed by atoms with Crippen molar-refractivity contribution in [2.75, 3.05) is 13.2 Å². The predicted molar refractivity (Wildman–Crippen MR) is 320 cm³/mol. The van der Waals surface area contributed by atoms with Gasteiger partial charge in [0.25, 0.3) is 0 Å². The second-order valence-corrected chi connectivity index (χ2v) is 23.2. The van der Waals surface area contributed by atoms with E-state index in [2.05, 4.69) is 19.2 Å². The number of hydrogen-bond acceptors (Lipinski definition) is 5. The highest BCUT2D eigenvalue weighted by molar-refractivity contribution is 5.76. The Morgan fingerprint density at radius 3 is 0.932 bits per heavy atom. The lowest BCUT2D eigenvalue weighted by Gasteiger charge is -2.20. The smallest absolute Gasteiger partial charge is 0.305 e. The first-order valence-electron chi connectivity index (χ1n) is 33.5. The van der Waals surface area contributed by atoms with Crippen molar-refractivity contribution in [3.63, 3.8) is 0 Å². The third kappa shape index (κ3) is 59.7. The number of amides is 1.